The van der Waals surface area contributed by atoms with Crippen molar-refractivity contribution < 1.29 is 8.42 Å². The van der Waals surface area contributed by atoms with E-state index in [0.29, 0.717) is 36.6 Å². The van der Waals surface area contributed by atoms with Crippen LogP contribution in [-0.2, 0) is 9.84 Å². The van der Waals surface area contributed by atoms with E-state index in [9.17, 15) is 8.42 Å². The lowest BCUT2D eigenvalue weighted by atomic mass is 9.91. The molecule has 1 fully saturated rings. The molecule has 1 aliphatic carbocycles. The number of nitrogens with zero attached hydrogens (tertiary/aromatic N) is 1. The van der Waals surface area contributed by atoms with Crippen molar-refractivity contribution in [2.45, 2.75) is 51.1 Å². The van der Waals surface area contributed by atoms with Gasteiger partial charge in [0.1, 0.15) is 0 Å². The van der Waals surface area contributed by atoms with Gasteiger partial charge in [0.2, 0.25) is 0 Å². The molecule has 1 aliphatic rings. The van der Waals surface area contributed by atoms with Gasteiger partial charge >= 0.3 is 0 Å². The number of rotatable bonds is 6. The standard InChI is InChI=1S/C12H26N2O2S/c1-3-9-17(15,16)10-8-14(2)12-6-4-11(13)5-7-12/h11-12H,3-10,13H2,1-2H3. The Balaban J connectivity index is 2.32. The third-order valence-electron chi connectivity index (χ3n) is 3.63. The van der Waals surface area contributed by atoms with Gasteiger partial charge in [0, 0.05) is 24.4 Å². The largest absolute Gasteiger partial charge is 0.328 e. The zero-order chi connectivity index (χ0) is 12.9. The highest BCUT2D eigenvalue weighted by molar-refractivity contribution is 7.91. The molecule has 4 nitrogen and oxygen atoms in total. The summed E-state index contributed by atoms with van der Waals surface area (Å²) in [5, 5.41) is 0. The van der Waals surface area contributed by atoms with Crippen LogP contribution < -0.4 is 5.73 Å². The Kier molecular flexibility index (Phi) is 5.89. The Hall–Kier alpha value is -0.130. The third kappa shape index (κ3) is 5.36. The van der Waals surface area contributed by atoms with E-state index in [0.717, 1.165) is 25.7 Å². The van der Waals surface area contributed by atoms with E-state index in [1.807, 2.05) is 14.0 Å². The molecule has 0 aromatic heterocycles. The Labute approximate surface area is 105 Å². The fourth-order valence-electron chi connectivity index (χ4n) is 2.42. The topological polar surface area (TPSA) is 63.4 Å². The van der Waals surface area contributed by atoms with Gasteiger partial charge in [-0.25, -0.2) is 8.42 Å². The van der Waals surface area contributed by atoms with Gasteiger partial charge in [-0.15, -0.1) is 0 Å². The lowest BCUT2D eigenvalue weighted by molar-refractivity contribution is 0.192. The van der Waals surface area contributed by atoms with Crippen LogP contribution in [-0.4, -0.2) is 50.5 Å². The summed E-state index contributed by atoms with van der Waals surface area (Å²) in [6, 6.07) is 0.870. The molecule has 0 bridgehead atoms. The van der Waals surface area contributed by atoms with Gasteiger partial charge in [-0.05, 0) is 39.2 Å². The lowest BCUT2D eigenvalue weighted by Gasteiger charge is -2.33. The summed E-state index contributed by atoms with van der Waals surface area (Å²) >= 11 is 0. The summed E-state index contributed by atoms with van der Waals surface area (Å²) in [4.78, 5) is 2.19. The van der Waals surface area contributed by atoms with Crippen LogP contribution in [0.15, 0.2) is 0 Å². The molecular formula is C12H26N2O2S. The van der Waals surface area contributed by atoms with Crippen LogP contribution in [0, 0.1) is 0 Å². The highest BCUT2D eigenvalue weighted by Crippen LogP contribution is 2.20. The Morgan fingerprint density at radius 1 is 1.18 bits per heavy atom. The van der Waals surface area contributed by atoms with Crippen LogP contribution in [0.25, 0.3) is 0 Å². The quantitative estimate of drug-likeness (QED) is 0.776. The molecular weight excluding hydrogens is 236 g/mol. The summed E-state index contributed by atoms with van der Waals surface area (Å²) in [7, 11) is -0.812. The molecule has 17 heavy (non-hydrogen) atoms. The summed E-state index contributed by atoms with van der Waals surface area (Å²) in [5.41, 5.74) is 5.87. The predicted molar refractivity (Wildman–Crippen MR) is 71.8 cm³/mol. The third-order valence-corrected chi connectivity index (χ3v) is 5.47. The highest BCUT2D eigenvalue weighted by Gasteiger charge is 2.22. The van der Waals surface area contributed by atoms with Gasteiger partial charge in [0.15, 0.2) is 9.84 Å². The summed E-state index contributed by atoms with van der Waals surface area (Å²) in [6.07, 6.45) is 5.05. The smallest absolute Gasteiger partial charge is 0.151 e. The Morgan fingerprint density at radius 2 is 1.76 bits per heavy atom. The van der Waals surface area contributed by atoms with Crippen LogP contribution in [0.1, 0.15) is 39.0 Å². The molecule has 0 saturated heterocycles. The van der Waals surface area contributed by atoms with E-state index in [1.165, 1.54) is 0 Å². The second-order valence-corrected chi connectivity index (χ2v) is 7.50. The minimum Gasteiger partial charge on any atom is -0.328 e. The summed E-state index contributed by atoms with van der Waals surface area (Å²) in [6.45, 7) is 2.56. The SMILES string of the molecule is CCCS(=O)(=O)CCN(C)C1CCC(N)CC1. The fourth-order valence-corrected chi connectivity index (χ4v) is 3.81. The number of nitrogens with two attached hydrogens (primary N) is 1. The number of hydrogen-bond acceptors (Lipinski definition) is 4. The first kappa shape index (κ1) is 14.9. The average molecular weight is 262 g/mol. The number of hydrogen-bond donors (Lipinski definition) is 1. The summed E-state index contributed by atoms with van der Waals surface area (Å²) < 4.78 is 23.2. The zero-order valence-electron chi connectivity index (χ0n) is 11.1. The molecule has 0 aliphatic heterocycles. The number of sulfone groups is 1. The normalized spacial score (nSPS) is 26.4. The lowest BCUT2D eigenvalue weighted by Crippen LogP contribution is -2.40. The van der Waals surface area contributed by atoms with E-state index in [1.54, 1.807) is 0 Å². The monoisotopic (exact) mass is 262 g/mol. The first-order valence-corrected chi connectivity index (χ1v) is 8.43. The van der Waals surface area contributed by atoms with E-state index in [4.69, 9.17) is 5.73 Å². The van der Waals surface area contributed by atoms with E-state index < -0.39 is 9.84 Å². The maximum absolute atomic E-state index is 11.6. The van der Waals surface area contributed by atoms with Gasteiger partial charge in [-0.2, -0.15) is 0 Å². The predicted octanol–water partition coefficient (Wildman–Crippen LogP) is 1.01. The van der Waals surface area contributed by atoms with Gasteiger partial charge in [-0.3, -0.25) is 0 Å². The maximum atomic E-state index is 11.6. The van der Waals surface area contributed by atoms with Crippen molar-refractivity contribution in [2.24, 2.45) is 5.73 Å². The average Bonchev–Trinajstić information content (AvgIpc) is 2.27. The van der Waals surface area contributed by atoms with E-state index in [2.05, 4.69) is 4.90 Å². The first-order valence-electron chi connectivity index (χ1n) is 6.61. The van der Waals surface area contributed by atoms with Crippen molar-refractivity contribution in [3.05, 3.63) is 0 Å². The van der Waals surface area contributed by atoms with Crippen molar-refractivity contribution in [1.29, 1.82) is 0 Å². The molecule has 1 rings (SSSR count). The molecule has 0 heterocycles. The molecule has 1 saturated carbocycles. The van der Waals surface area contributed by atoms with Crippen LogP contribution in [0.4, 0.5) is 0 Å². The van der Waals surface area contributed by atoms with E-state index in [-0.39, 0.29) is 0 Å². The molecule has 0 atom stereocenters. The molecule has 0 unspecified atom stereocenters. The zero-order valence-corrected chi connectivity index (χ0v) is 11.9. The molecule has 2 N–H and O–H groups in total. The van der Waals surface area contributed by atoms with Crippen molar-refractivity contribution >= 4 is 9.84 Å². The Morgan fingerprint density at radius 3 is 2.29 bits per heavy atom. The maximum Gasteiger partial charge on any atom is 0.151 e. The van der Waals surface area contributed by atoms with Gasteiger partial charge in [0.25, 0.3) is 0 Å². The van der Waals surface area contributed by atoms with Gasteiger partial charge < -0.3 is 10.6 Å². The van der Waals surface area contributed by atoms with Crippen LogP contribution in [0.3, 0.4) is 0 Å². The second kappa shape index (κ2) is 6.71. The summed E-state index contributed by atoms with van der Waals surface area (Å²) in [5.74, 6) is 0.607. The molecule has 0 spiro atoms. The molecule has 0 amide bonds. The minimum atomic E-state index is -2.84. The van der Waals surface area contributed by atoms with Crippen LogP contribution >= 0.6 is 0 Å². The molecule has 0 radical (unpaired) electrons. The van der Waals surface area contributed by atoms with Crippen molar-refractivity contribution in [3.63, 3.8) is 0 Å². The van der Waals surface area contributed by atoms with Crippen molar-refractivity contribution in [3.8, 4) is 0 Å². The van der Waals surface area contributed by atoms with E-state index >= 15 is 0 Å². The molecule has 5 heteroatoms. The van der Waals surface area contributed by atoms with Gasteiger partial charge in [0.05, 0.1) is 5.75 Å². The highest BCUT2D eigenvalue weighted by atomic mass is 32.2. The minimum absolute atomic E-state index is 0.292. The second-order valence-electron chi connectivity index (χ2n) is 5.20. The van der Waals surface area contributed by atoms with Crippen molar-refractivity contribution in [2.75, 3.05) is 25.1 Å². The first-order chi connectivity index (χ1) is 7.94. The molecule has 0 aromatic carbocycles. The van der Waals surface area contributed by atoms with Crippen LogP contribution in [0.2, 0.25) is 0 Å². The Bertz CT molecular complexity index is 308. The van der Waals surface area contributed by atoms with Gasteiger partial charge in [-0.1, -0.05) is 6.92 Å². The molecule has 0 aromatic rings. The fraction of sp³-hybridized carbons (Fsp3) is 1.00. The van der Waals surface area contributed by atoms with Crippen LogP contribution in [0.5, 0.6) is 0 Å². The molecule has 102 valence electrons. The van der Waals surface area contributed by atoms with Crippen molar-refractivity contribution in [1.82, 2.24) is 4.90 Å².